The molecule has 0 aliphatic heterocycles. The van der Waals surface area contributed by atoms with Crippen molar-refractivity contribution in [1.82, 2.24) is 0 Å². The number of furan rings is 1. The van der Waals surface area contributed by atoms with Gasteiger partial charge in [0.2, 0.25) is 0 Å². The highest BCUT2D eigenvalue weighted by atomic mass is 16.3. The van der Waals surface area contributed by atoms with Crippen LogP contribution < -0.4 is 4.90 Å². The quantitative estimate of drug-likeness (QED) is 0.184. The molecule has 10 rings (SSSR count). The fourth-order valence-corrected chi connectivity index (χ4v) is 8.39. The second-order valence-corrected chi connectivity index (χ2v) is 14.1. The zero-order valence-electron chi connectivity index (χ0n) is 28.6. The standard InChI is InChI=1S/C49H35NO/c1-49(2)44-23-12-11-19-39(44)40-29-28-36(30-45(40)49)50(34-16-7-4-8-17-34)35-26-24-33(25-27-35)37-21-13-22-42-47-41-20-10-9-18-38(41)43(31-46(47)51-48(37)42)32-14-5-3-6-15-32/h3-31H,1-2H3. The van der Waals surface area contributed by atoms with Gasteiger partial charge in [-0.05, 0) is 92.2 Å². The summed E-state index contributed by atoms with van der Waals surface area (Å²) in [5.74, 6) is 0. The first-order chi connectivity index (χ1) is 25.1. The molecule has 242 valence electrons. The second-order valence-electron chi connectivity index (χ2n) is 14.1. The lowest BCUT2D eigenvalue weighted by atomic mass is 9.82. The Kier molecular flexibility index (Phi) is 6.56. The van der Waals surface area contributed by atoms with Crippen LogP contribution >= 0.6 is 0 Å². The molecule has 1 heterocycles. The molecule has 0 saturated carbocycles. The van der Waals surface area contributed by atoms with Gasteiger partial charge in [-0.3, -0.25) is 0 Å². The average molecular weight is 654 g/mol. The zero-order chi connectivity index (χ0) is 34.1. The molecule has 0 fully saturated rings. The molecule has 0 saturated heterocycles. The van der Waals surface area contributed by atoms with Crippen LogP contribution in [-0.4, -0.2) is 0 Å². The van der Waals surface area contributed by atoms with Gasteiger partial charge in [-0.1, -0.05) is 147 Å². The number of hydrogen-bond acceptors (Lipinski definition) is 2. The first-order valence-corrected chi connectivity index (χ1v) is 17.7. The highest BCUT2D eigenvalue weighted by Gasteiger charge is 2.35. The van der Waals surface area contributed by atoms with Crippen molar-refractivity contribution in [1.29, 1.82) is 0 Å². The van der Waals surface area contributed by atoms with E-state index in [0.29, 0.717) is 0 Å². The van der Waals surface area contributed by atoms with Crippen molar-refractivity contribution in [3.05, 3.63) is 187 Å². The summed E-state index contributed by atoms with van der Waals surface area (Å²) in [6.45, 7) is 4.68. The fourth-order valence-electron chi connectivity index (χ4n) is 8.39. The minimum absolute atomic E-state index is 0.0768. The maximum absolute atomic E-state index is 6.80. The van der Waals surface area contributed by atoms with E-state index in [9.17, 15) is 0 Å². The van der Waals surface area contributed by atoms with Crippen LogP contribution in [0.3, 0.4) is 0 Å². The van der Waals surface area contributed by atoms with E-state index < -0.39 is 0 Å². The van der Waals surface area contributed by atoms with E-state index in [1.165, 1.54) is 44.2 Å². The summed E-state index contributed by atoms with van der Waals surface area (Å²) in [6, 6.07) is 63.4. The number of fused-ring (bicyclic) bond motifs is 8. The molecular formula is C49H35NO. The SMILES string of the molecule is CC1(C)c2ccccc2-c2ccc(N(c3ccccc3)c3ccc(-c4cccc5c4oc4cc(-c6ccccc6)c6ccccc6c45)cc3)cc21. The molecule has 51 heavy (non-hydrogen) atoms. The minimum atomic E-state index is -0.0768. The highest BCUT2D eigenvalue weighted by molar-refractivity contribution is 6.23. The molecule has 8 aromatic carbocycles. The molecule has 0 radical (unpaired) electrons. The first-order valence-electron chi connectivity index (χ1n) is 17.7. The summed E-state index contributed by atoms with van der Waals surface area (Å²) < 4.78 is 6.80. The molecule has 0 N–H and O–H groups in total. The Morgan fingerprint density at radius 2 is 1.00 bits per heavy atom. The Balaban J connectivity index is 1.09. The largest absolute Gasteiger partial charge is 0.455 e. The van der Waals surface area contributed by atoms with Crippen molar-refractivity contribution in [2.45, 2.75) is 19.3 Å². The molecule has 2 nitrogen and oxygen atoms in total. The summed E-state index contributed by atoms with van der Waals surface area (Å²) in [6.07, 6.45) is 0. The van der Waals surface area contributed by atoms with Gasteiger partial charge in [0.05, 0.1) is 0 Å². The van der Waals surface area contributed by atoms with Crippen molar-refractivity contribution in [2.75, 3.05) is 4.90 Å². The molecule has 0 spiro atoms. The van der Waals surface area contributed by atoms with Crippen molar-refractivity contribution in [3.8, 4) is 33.4 Å². The van der Waals surface area contributed by atoms with Gasteiger partial charge < -0.3 is 9.32 Å². The lowest BCUT2D eigenvalue weighted by Crippen LogP contribution is -2.16. The summed E-state index contributed by atoms with van der Waals surface area (Å²) >= 11 is 0. The lowest BCUT2D eigenvalue weighted by Gasteiger charge is -2.28. The third kappa shape index (κ3) is 4.57. The summed E-state index contributed by atoms with van der Waals surface area (Å²) in [7, 11) is 0. The number of para-hydroxylation sites is 2. The average Bonchev–Trinajstić information content (AvgIpc) is 3.68. The van der Waals surface area contributed by atoms with Crippen LogP contribution in [0.5, 0.6) is 0 Å². The molecule has 0 unspecified atom stereocenters. The van der Waals surface area contributed by atoms with Crippen LogP contribution in [0.4, 0.5) is 17.1 Å². The molecule has 1 aliphatic rings. The molecule has 2 heteroatoms. The van der Waals surface area contributed by atoms with E-state index in [-0.39, 0.29) is 5.41 Å². The fraction of sp³-hybridized carbons (Fsp3) is 0.0612. The van der Waals surface area contributed by atoms with Gasteiger partial charge in [0, 0.05) is 38.8 Å². The smallest absolute Gasteiger partial charge is 0.143 e. The highest BCUT2D eigenvalue weighted by Crippen LogP contribution is 2.51. The van der Waals surface area contributed by atoms with Gasteiger partial charge in [-0.2, -0.15) is 0 Å². The summed E-state index contributed by atoms with van der Waals surface area (Å²) in [5.41, 5.74) is 15.1. The van der Waals surface area contributed by atoms with Gasteiger partial charge in [0.25, 0.3) is 0 Å². The monoisotopic (exact) mass is 653 g/mol. The van der Waals surface area contributed by atoms with Gasteiger partial charge >= 0.3 is 0 Å². The van der Waals surface area contributed by atoms with Gasteiger partial charge in [-0.15, -0.1) is 0 Å². The maximum Gasteiger partial charge on any atom is 0.143 e. The van der Waals surface area contributed by atoms with E-state index in [4.69, 9.17) is 4.42 Å². The van der Waals surface area contributed by atoms with Gasteiger partial charge in [0.15, 0.2) is 0 Å². The zero-order valence-corrected chi connectivity index (χ0v) is 28.6. The molecule has 0 amide bonds. The van der Waals surface area contributed by atoms with Crippen molar-refractivity contribution in [2.24, 2.45) is 0 Å². The Morgan fingerprint density at radius 3 is 1.80 bits per heavy atom. The number of anilines is 3. The Hall–Kier alpha value is -6.38. The Morgan fingerprint density at radius 1 is 0.412 bits per heavy atom. The van der Waals surface area contributed by atoms with Gasteiger partial charge in [0.1, 0.15) is 11.2 Å². The minimum Gasteiger partial charge on any atom is -0.455 e. The topological polar surface area (TPSA) is 16.4 Å². The van der Waals surface area contributed by atoms with Crippen LogP contribution in [0.15, 0.2) is 180 Å². The van der Waals surface area contributed by atoms with Crippen LogP contribution in [0.25, 0.3) is 66.1 Å². The third-order valence-corrected chi connectivity index (χ3v) is 10.9. The van der Waals surface area contributed by atoms with Gasteiger partial charge in [-0.25, -0.2) is 0 Å². The van der Waals surface area contributed by atoms with Crippen LogP contribution in [-0.2, 0) is 5.41 Å². The normalized spacial score (nSPS) is 13.1. The van der Waals surface area contributed by atoms with E-state index in [0.717, 1.165) is 50.1 Å². The Bertz CT molecular complexity index is 2760. The van der Waals surface area contributed by atoms with E-state index in [2.05, 4.69) is 195 Å². The number of hydrogen-bond donors (Lipinski definition) is 0. The molecule has 9 aromatic rings. The van der Waals surface area contributed by atoms with E-state index in [1.807, 2.05) is 0 Å². The second kappa shape index (κ2) is 11.3. The predicted molar refractivity (Wildman–Crippen MR) is 214 cm³/mol. The third-order valence-electron chi connectivity index (χ3n) is 10.9. The number of nitrogens with zero attached hydrogens (tertiary/aromatic N) is 1. The van der Waals surface area contributed by atoms with E-state index in [1.54, 1.807) is 0 Å². The maximum atomic E-state index is 6.80. The first kappa shape index (κ1) is 29.5. The van der Waals surface area contributed by atoms with E-state index >= 15 is 0 Å². The number of benzene rings is 8. The molecule has 0 atom stereocenters. The summed E-state index contributed by atoms with van der Waals surface area (Å²) in [4.78, 5) is 2.36. The van der Waals surface area contributed by atoms with Crippen LogP contribution in [0.2, 0.25) is 0 Å². The Labute approximate surface area is 297 Å². The molecular weight excluding hydrogens is 619 g/mol. The van der Waals surface area contributed by atoms with Crippen LogP contribution in [0, 0.1) is 0 Å². The van der Waals surface area contributed by atoms with Crippen molar-refractivity contribution in [3.63, 3.8) is 0 Å². The lowest BCUT2D eigenvalue weighted by molar-refractivity contribution is 0.660. The molecule has 0 bridgehead atoms. The molecule has 1 aromatic heterocycles. The van der Waals surface area contributed by atoms with Crippen LogP contribution in [0.1, 0.15) is 25.0 Å². The number of rotatable bonds is 5. The molecule has 1 aliphatic carbocycles. The van der Waals surface area contributed by atoms with Crippen molar-refractivity contribution < 1.29 is 4.42 Å². The summed E-state index contributed by atoms with van der Waals surface area (Å²) in [5, 5.41) is 4.73. The predicted octanol–water partition coefficient (Wildman–Crippen LogP) is 13.8. The van der Waals surface area contributed by atoms with Crippen molar-refractivity contribution >= 4 is 49.8 Å².